The van der Waals surface area contributed by atoms with Gasteiger partial charge in [-0.15, -0.1) is 11.3 Å². The molecule has 0 radical (unpaired) electrons. The lowest BCUT2D eigenvalue weighted by atomic mass is 10.2. The molecule has 0 saturated heterocycles. The molecule has 1 heterocycles. The lowest BCUT2D eigenvalue weighted by Gasteiger charge is -2.15. The third kappa shape index (κ3) is 4.11. The van der Waals surface area contributed by atoms with Crippen molar-refractivity contribution in [2.75, 3.05) is 10.0 Å². The van der Waals surface area contributed by atoms with Crippen LogP contribution in [0.15, 0.2) is 58.1 Å². The van der Waals surface area contributed by atoms with E-state index in [9.17, 15) is 8.42 Å². The van der Waals surface area contributed by atoms with Gasteiger partial charge in [0.2, 0.25) is 0 Å². The predicted molar refractivity (Wildman–Crippen MR) is 106 cm³/mol. The molecule has 0 saturated carbocycles. The fourth-order valence-electron chi connectivity index (χ4n) is 2.17. The molecule has 3 aromatic rings. The van der Waals surface area contributed by atoms with Crippen molar-refractivity contribution < 1.29 is 8.42 Å². The highest BCUT2D eigenvalue weighted by Gasteiger charge is 2.18. The topological polar surface area (TPSA) is 82.0 Å². The zero-order valence-corrected chi connectivity index (χ0v) is 16.2. The Morgan fingerprint density at radius 1 is 1.00 bits per heavy atom. The fourth-order valence-corrected chi connectivity index (χ4v) is 4.56. The molecular weight excluding hydrogens is 413 g/mol. The summed E-state index contributed by atoms with van der Waals surface area (Å²) in [6.45, 7) is 0. The van der Waals surface area contributed by atoms with Gasteiger partial charge in [0.15, 0.2) is 0 Å². The van der Waals surface area contributed by atoms with Gasteiger partial charge in [-0.25, -0.2) is 8.42 Å². The molecule has 1 aromatic heterocycles. The summed E-state index contributed by atoms with van der Waals surface area (Å²) in [5.74, 6) is 0. The van der Waals surface area contributed by atoms with E-state index in [2.05, 4.69) is 10.0 Å². The average molecular weight is 424 g/mol. The van der Waals surface area contributed by atoms with Gasteiger partial charge < -0.3 is 5.32 Å². The van der Waals surface area contributed by atoms with Crippen LogP contribution < -0.4 is 10.0 Å². The molecule has 0 atom stereocenters. The van der Waals surface area contributed by atoms with E-state index < -0.39 is 10.0 Å². The molecule has 0 bridgehead atoms. The number of nitrogens with one attached hydrogen (secondary N) is 2. The number of nitrogens with zero attached hydrogens (tertiary/aromatic N) is 1. The maximum Gasteiger partial charge on any atom is 0.271 e. The molecule has 0 aliphatic carbocycles. The summed E-state index contributed by atoms with van der Waals surface area (Å²) in [5, 5.41) is 14.2. The highest BCUT2D eigenvalue weighted by atomic mass is 35.5. The first-order valence-electron chi connectivity index (χ1n) is 7.21. The molecule has 2 aromatic carbocycles. The molecule has 132 valence electrons. The highest BCUT2D eigenvalue weighted by Crippen LogP contribution is 2.36. The summed E-state index contributed by atoms with van der Waals surface area (Å²) < 4.78 is 27.7. The Balaban J connectivity index is 2.00. The van der Waals surface area contributed by atoms with E-state index in [1.54, 1.807) is 35.7 Å². The van der Waals surface area contributed by atoms with Crippen molar-refractivity contribution in [2.24, 2.45) is 0 Å². The summed E-state index contributed by atoms with van der Waals surface area (Å²) in [5.41, 5.74) is 1.74. The molecule has 0 spiro atoms. The monoisotopic (exact) mass is 423 g/mol. The van der Waals surface area contributed by atoms with Crippen LogP contribution in [0.4, 0.5) is 17.1 Å². The molecule has 3 rings (SSSR count). The third-order valence-electron chi connectivity index (χ3n) is 3.34. The van der Waals surface area contributed by atoms with Gasteiger partial charge in [-0.3, -0.25) is 4.72 Å². The van der Waals surface area contributed by atoms with Crippen molar-refractivity contribution in [1.82, 2.24) is 0 Å². The van der Waals surface area contributed by atoms with E-state index in [4.69, 9.17) is 28.5 Å². The van der Waals surface area contributed by atoms with Crippen LogP contribution in [0, 0.1) is 11.3 Å². The van der Waals surface area contributed by atoms with Crippen molar-refractivity contribution in [3.05, 3.63) is 69.5 Å². The molecule has 26 heavy (non-hydrogen) atoms. The van der Waals surface area contributed by atoms with Crippen molar-refractivity contribution in [1.29, 1.82) is 5.26 Å². The Labute approximate surface area is 164 Å². The summed E-state index contributed by atoms with van der Waals surface area (Å²) >= 11 is 13.2. The number of halogens is 2. The van der Waals surface area contributed by atoms with E-state index >= 15 is 0 Å². The molecule has 0 aliphatic heterocycles. The second kappa shape index (κ2) is 7.56. The minimum absolute atomic E-state index is 0.181. The largest absolute Gasteiger partial charge is 0.354 e. The van der Waals surface area contributed by atoms with E-state index in [1.165, 1.54) is 18.2 Å². The van der Waals surface area contributed by atoms with Crippen molar-refractivity contribution in [3.8, 4) is 6.07 Å². The molecule has 0 fully saturated rings. The maximum atomic E-state index is 12.5. The second-order valence-electron chi connectivity index (χ2n) is 5.17. The first-order valence-corrected chi connectivity index (χ1v) is 10.3. The Hall–Kier alpha value is -2.24. The SMILES string of the molecule is N#Cc1cccc(Nc2cc(Cl)c(Cl)cc2NS(=O)(=O)c2cccs2)c1. The molecule has 0 amide bonds. The smallest absolute Gasteiger partial charge is 0.271 e. The Bertz CT molecular complexity index is 1090. The standard InChI is InChI=1S/C17H11Cl2N3O2S2/c18-13-8-15(21-12-4-1-3-11(7-12)10-20)16(9-14(13)19)22-26(23,24)17-5-2-6-25-17/h1-9,21-22H. The number of hydrogen-bond donors (Lipinski definition) is 2. The molecular formula is C17H11Cl2N3O2S2. The Kier molecular flexibility index (Phi) is 5.39. The van der Waals surface area contributed by atoms with E-state index in [0.717, 1.165) is 11.3 Å². The van der Waals surface area contributed by atoms with Gasteiger partial charge in [0.1, 0.15) is 4.21 Å². The number of benzene rings is 2. The second-order valence-corrected chi connectivity index (χ2v) is 8.84. The fraction of sp³-hybridized carbons (Fsp3) is 0. The van der Waals surface area contributed by atoms with Crippen LogP contribution in [0.2, 0.25) is 10.0 Å². The normalized spacial score (nSPS) is 11.0. The quantitative estimate of drug-likeness (QED) is 0.569. The van der Waals surface area contributed by atoms with Crippen molar-refractivity contribution in [2.45, 2.75) is 4.21 Å². The lowest BCUT2D eigenvalue weighted by Crippen LogP contribution is -2.12. The van der Waals surface area contributed by atoms with Gasteiger partial charge in [-0.1, -0.05) is 35.3 Å². The van der Waals surface area contributed by atoms with Crippen LogP contribution >= 0.6 is 34.5 Å². The number of sulfonamides is 1. The molecule has 2 N–H and O–H groups in total. The van der Waals surface area contributed by atoms with Crippen LogP contribution in [-0.2, 0) is 10.0 Å². The van der Waals surface area contributed by atoms with Gasteiger partial charge in [0, 0.05) is 5.69 Å². The molecule has 0 aliphatic rings. The van der Waals surface area contributed by atoms with E-state index in [1.807, 2.05) is 6.07 Å². The summed E-state index contributed by atoms with van der Waals surface area (Å²) in [6.07, 6.45) is 0. The van der Waals surface area contributed by atoms with Gasteiger partial charge in [0.05, 0.1) is 33.1 Å². The van der Waals surface area contributed by atoms with Crippen LogP contribution in [0.25, 0.3) is 0 Å². The third-order valence-corrected chi connectivity index (χ3v) is 6.82. The molecule has 0 unspecified atom stereocenters. The zero-order valence-electron chi connectivity index (χ0n) is 13.0. The van der Waals surface area contributed by atoms with Gasteiger partial charge in [-0.2, -0.15) is 5.26 Å². The first kappa shape index (κ1) is 18.5. The minimum Gasteiger partial charge on any atom is -0.354 e. The van der Waals surface area contributed by atoms with Gasteiger partial charge in [0.25, 0.3) is 10.0 Å². The molecule has 9 heteroatoms. The van der Waals surface area contributed by atoms with E-state index in [-0.39, 0.29) is 19.9 Å². The lowest BCUT2D eigenvalue weighted by molar-refractivity contribution is 0.603. The van der Waals surface area contributed by atoms with Crippen LogP contribution in [0.1, 0.15) is 5.56 Å². The van der Waals surface area contributed by atoms with Crippen LogP contribution in [0.5, 0.6) is 0 Å². The number of hydrogen-bond acceptors (Lipinski definition) is 5. The number of anilines is 3. The first-order chi connectivity index (χ1) is 12.4. The summed E-state index contributed by atoms with van der Waals surface area (Å²) in [6, 6.07) is 14.9. The van der Waals surface area contributed by atoms with Crippen LogP contribution in [-0.4, -0.2) is 8.42 Å². The minimum atomic E-state index is -3.75. The predicted octanol–water partition coefficient (Wildman–Crippen LogP) is 5.47. The Morgan fingerprint density at radius 3 is 2.38 bits per heavy atom. The maximum absolute atomic E-state index is 12.5. The number of rotatable bonds is 5. The van der Waals surface area contributed by atoms with Gasteiger partial charge in [-0.05, 0) is 41.8 Å². The van der Waals surface area contributed by atoms with Crippen molar-refractivity contribution in [3.63, 3.8) is 0 Å². The number of nitriles is 1. The zero-order chi connectivity index (χ0) is 18.7. The number of thiophene rings is 1. The van der Waals surface area contributed by atoms with Crippen LogP contribution in [0.3, 0.4) is 0 Å². The van der Waals surface area contributed by atoms with E-state index in [0.29, 0.717) is 16.9 Å². The molecule has 5 nitrogen and oxygen atoms in total. The van der Waals surface area contributed by atoms with Gasteiger partial charge >= 0.3 is 0 Å². The average Bonchev–Trinajstić information content (AvgIpc) is 3.15. The Morgan fingerprint density at radius 2 is 1.73 bits per heavy atom. The summed E-state index contributed by atoms with van der Waals surface area (Å²) in [4.78, 5) is 0. The summed E-state index contributed by atoms with van der Waals surface area (Å²) in [7, 11) is -3.75. The van der Waals surface area contributed by atoms with Crippen molar-refractivity contribution >= 4 is 61.6 Å². The highest BCUT2D eigenvalue weighted by molar-refractivity contribution is 7.94.